The van der Waals surface area contributed by atoms with Gasteiger partial charge in [-0.25, -0.2) is 9.97 Å². The van der Waals surface area contributed by atoms with Crippen molar-refractivity contribution in [3.05, 3.63) is 23.8 Å². The molecule has 0 radical (unpaired) electrons. The second-order valence-electron chi connectivity index (χ2n) is 5.50. The molecule has 1 aliphatic rings. The van der Waals surface area contributed by atoms with E-state index in [1.54, 1.807) is 0 Å². The van der Waals surface area contributed by atoms with Crippen LogP contribution >= 0.6 is 11.8 Å². The quantitative estimate of drug-likeness (QED) is 0.893. The van der Waals surface area contributed by atoms with Crippen molar-refractivity contribution in [3.8, 4) is 0 Å². The molecule has 19 heavy (non-hydrogen) atoms. The van der Waals surface area contributed by atoms with Crippen LogP contribution in [0.1, 0.15) is 31.4 Å². The Morgan fingerprint density at radius 2 is 2.37 bits per heavy atom. The summed E-state index contributed by atoms with van der Waals surface area (Å²) < 4.78 is 0. The summed E-state index contributed by atoms with van der Waals surface area (Å²) in [5, 5.41) is 3.43. The maximum absolute atomic E-state index is 4.72. The van der Waals surface area contributed by atoms with Gasteiger partial charge in [0.1, 0.15) is 5.82 Å². The van der Waals surface area contributed by atoms with Crippen LogP contribution in [0.25, 0.3) is 0 Å². The van der Waals surface area contributed by atoms with E-state index in [1.165, 1.54) is 5.75 Å². The highest BCUT2D eigenvalue weighted by molar-refractivity contribution is 7.99. The van der Waals surface area contributed by atoms with Gasteiger partial charge in [0.05, 0.1) is 11.7 Å². The third-order valence-corrected chi connectivity index (χ3v) is 4.31. The minimum Gasteiger partial charge on any atom is -0.311 e. The Balaban J connectivity index is 1.98. The summed E-state index contributed by atoms with van der Waals surface area (Å²) >= 11 is 1.99. The van der Waals surface area contributed by atoms with Crippen LogP contribution < -0.4 is 5.32 Å². The Morgan fingerprint density at radius 3 is 3.11 bits per heavy atom. The molecule has 1 unspecified atom stereocenters. The summed E-state index contributed by atoms with van der Waals surface area (Å²) in [6.07, 6.45) is 1.89. The molecule has 4 nitrogen and oxygen atoms in total. The zero-order chi connectivity index (χ0) is 13.7. The van der Waals surface area contributed by atoms with Crippen LogP contribution in [-0.4, -0.2) is 46.5 Å². The number of nitrogens with zero attached hydrogens (tertiary/aromatic N) is 3. The van der Waals surface area contributed by atoms with Crippen molar-refractivity contribution in [2.75, 3.05) is 31.6 Å². The van der Waals surface area contributed by atoms with Gasteiger partial charge in [0.25, 0.3) is 0 Å². The first-order valence-electron chi connectivity index (χ1n) is 6.97. The van der Waals surface area contributed by atoms with E-state index in [4.69, 9.17) is 4.98 Å². The van der Waals surface area contributed by atoms with E-state index in [2.05, 4.69) is 36.1 Å². The third-order valence-electron chi connectivity index (χ3n) is 3.28. The second kappa shape index (κ2) is 7.22. The van der Waals surface area contributed by atoms with Gasteiger partial charge in [-0.3, -0.25) is 4.90 Å². The largest absolute Gasteiger partial charge is 0.311 e. The fourth-order valence-electron chi connectivity index (χ4n) is 2.12. The molecule has 1 aromatic heterocycles. The van der Waals surface area contributed by atoms with Crippen LogP contribution in [0.4, 0.5) is 0 Å². The average molecular weight is 280 g/mol. The van der Waals surface area contributed by atoms with E-state index in [0.717, 1.165) is 36.9 Å². The van der Waals surface area contributed by atoms with E-state index in [9.17, 15) is 0 Å². The van der Waals surface area contributed by atoms with Gasteiger partial charge in [0.2, 0.25) is 0 Å². The van der Waals surface area contributed by atoms with Crippen molar-refractivity contribution < 1.29 is 0 Å². The molecule has 1 N–H and O–H groups in total. The van der Waals surface area contributed by atoms with Crippen LogP contribution in [0.3, 0.4) is 0 Å². The maximum Gasteiger partial charge on any atom is 0.146 e. The molecule has 1 atom stereocenters. The molecule has 0 aliphatic carbocycles. The van der Waals surface area contributed by atoms with Crippen molar-refractivity contribution in [2.24, 2.45) is 5.92 Å². The van der Waals surface area contributed by atoms with Gasteiger partial charge in [0, 0.05) is 30.8 Å². The molecule has 0 saturated carbocycles. The van der Waals surface area contributed by atoms with Crippen molar-refractivity contribution in [3.63, 3.8) is 0 Å². The van der Waals surface area contributed by atoms with Gasteiger partial charge in [-0.15, -0.1) is 0 Å². The first kappa shape index (κ1) is 14.8. The van der Waals surface area contributed by atoms with Gasteiger partial charge in [0.15, 0.2) is 0 Å². The van der Waals surface area contributed by atoms with Gasteiger partial charge in [-0.2, -0.15) is 11.8 Å². The highest BCUT2D eigenvalue weighted by atomic mass is 32.2. The van der Waals surface area contributed by atoms with Crippen LogP contribution in [0, 0.1) is 5.92 Å². The maximum atomic E-state index is 4.72. The lowest BCUT2D eigenvalue weighted by molar-refractivity contribution is 0.264. The number of nitrogens with one attached hydrogen (secondary N) is 1. The summed E-state index contributed by atoms with van der Waals surface area (Å²) in [6, 6.07) is 2.37. The topological polar surface area (TPSA) is 41.1 Å². The number of rotatable bonds is 5. The predicted molar refractivity (Wildman–Crippen MR) is 81.3 cm³/mol. The summed E-state index contributed by atoms with van der Waals surface area (Å²) in [7, 11) is 2.16. The highest BCUT2D eigenvalue weighted by Crippen LogP contribution is 2.25. The molecule has 1 aliphatic heterocycles. The van der Waals surface area contributed by atoms with Gasteiger partial charge in [-0.1, -0.05) is 13.8 Å². The first-order chi connectivity index (χ1) is 9.16. The minimum atomic E-state index is 0.365. The molecule has 1 aromatic rings. The van der Waals surface area contributed by atoms with Crippen LogP contribution in [0.2, 0.25) is 0 Å². The Bertz CT molecular complexity index is 397. The van der Waals surface area contributed by atoms with Crippen molar-refractivity contribution >= 4 is 11.8 Å². The van der Waals surface area contributed by atoms with Crippen LogP contribution in [0.5, 0.6) is 0 Å². The molecule has 0 aromatic carbocycles. The molecule has 1 fully saturated rings. The molecular weight excluding hydrogens is 256 g/mol. The summed E-state index contributed by atoms with van der Waals surface area (Å²) in [5.74, 6) is 3.95. The van der Waals surface area contributed by atoms with E-state index >= 15 is 0 Å². The summed E-state index contributed by atoms with van der Waals surface area (Å²) in [4.78, 5) is 11.5. The Kier molecular flexibility index (Phi) is 5.60. The zero-order valence-corrected chi connectivity index (χ0v) is 12.9. The first-order valence-corrected chi connectivity index (χ1v) is 8.13. The highest BCUT2D eigenvalue weighted by Gasteiger charge is 2.23. The van der Waals surface area contributed by atoms with E-state index in [1.807, 2.05) is 24.0 Å². The monoisotopic (exact) mass is 280 g/mol. The molecule has 2 rings (SSSR count). The molecule has 2 heterocycles. The van der Waals surface area contributed by atoms with E-state index in [-0.39, 0.29) is 0 Å². The Hall–Kier alpha value is -0.650. The lowest BCUT2D eigenvalue weighted by atomic mass is 10.2. The molecule has 0 amide bonds. The fourth-order valence-corrected chi connectivity index (χ4v) is 3.33. The SMILES string of the molecule is CC(C)CNCc1ccnc(C2CSCCN2C)n1. The van der Waals surface area contributed by atoms with Crippen LogP contribution in [-0.2, 0) is 6.54 Å². The van der Waals surface area contributed by atoms with E-state index in [0.29, 0.717) is 12.0 Å². The lowest BCUT2D eigenvalue weighted by Crippen LogP contribution is -2.34. The predicted octanol–water partition coefficient (Wildman–Crippen LogP) is 1.94. The molecule has 0 spiro atoms. The molecule has 0 bridgehead atoms. The fraction of sp³-hybridized carbons (Fsp3) is 0.714. The molecular formula is C14H24N4S. The number of thioether (sulfide) groups is 1. The number of aromatic nitrogens is 2. The Morgan fingerprint density at radius 1 is 1.53 bits per heavy atom. The standard InChI is InChI=1S/C14H24N4S/c1-11(2)8-15-9-12-4-5-16-14(17-12)13-10-19-7-6-18(13)3/h4-5,11,13,15H,6-10H2,1-3H3. The summed E-state index contributed by atoms with van der Waals surface area (Å²) in [5.41, 5.74) is 1.09. The third kappa shape index (κ3) is 4.44. The lowest BCUT2D eigenvalue weighted by Gasteiger charge is -2.30. The minimum absolute atomic E-state index is 0.365. The molecule has 1 saturated heterocycles. The number of hydrogen-bond acceptors (Lipinski definition) is 5. The van der Waals surface area contributed by atoms with E-state index < -0.39 is 0 Å². The van der Waals surface area contributed by atoms with Crippen molar-refractivity contribution in [2.45, 2.75) is 26.4 Å². The van der Waals surface area contributed by atoms with Crippen molar-refractivity contribution in [1.29, 1.82) is 0 Å². The second-order valence-corrected chi connectivity index (χ2v) is 6.65. The van der Waals surface area contributed by atoms with Gasteiger partial charge >= 0.3 is 0 Å². The molecule has 5 heteroatoms. The zero-order valence-electron chi connectivity index (χ0n) is 12.1. The molecule has 106 valence electrons. The van der Waals surface area contributed by atoms with Gasteiger partial charge < -0.3 is 5.32 Å². The normalized spacial score (nSPS) is 20.9. The number of hydrogen-bond donors (Lipinski definition) is 1. The van der Waals surface area contributed by atoms with Gasteiger partial charge in [-0.05, 0) is 25.6 Å². The average Bonchev–Trinajstić information content (AvgIpc) is 2.39. The summed E-state index contributed by atoms with van der Waals surface area (Å²) in [6.45, 7) is 7.41. The Labute approximate surface area is 120 Å². The smallest absolute Gasteiger partial charge is 0.146 e. The van der Waals surface area contributed by atoms with Crippen LogP contribution in [0.15, 0.2) is 12.3 Å². The van der Waals surface area contributed by atoms with Crippen molar-refractivity contribution in [1.82, 2.24) is 20.2 Å².